The summed E-state index contributed by atoms with van der Waals surface area (Å²) in [5, 5.41) is 3.33. The van der Waals surface area contributed by atoms with Gasteiger partial charge in [0.25, 0.3) is 0 Å². The van der Waals surface area contributed by atoms with Crippen molar-refractivity contribution in [2.45, 2.75) is 24.2 Å². The number of halogens is 1. The number of sulfone groups is 1. The van der Waals surface area contributed by atoms with Gasteiger partial charge in [-0.05, 0) is 49.2 Å². The van der Waals surface area contributed by atoms with Crippen molar-refractivity contribution in [3.63, 3.8) is 0 Å². The van der Waals surface area contributed by atoms with Gasteiger partial charge in [0.2, 0.25) is 5.91 Å². The Kier molecular flexibility index (Phi) is 5.84. The average Bonchev–Trinajstić information content (AvgIpc) is 3.15. The van der Waals surface area contributed by atoms with Crippen LogP contribution in [0.4, 0.5) is 11.4 Å². The van der Waals surface area contributed by atoms with Crippen LogP contribution in [-0.4, -0.2) is 33.2 Å². The van der Waals surface area contributed by atoms with Crippen LogP contribution in [0.3, 0.4) is 0 Å². The molecule has 5 nitrogen and oxygen atoms in total. The Labute approximate surface area is 158 Å². The van der Waals surface area contributed by atoms with Crippen LogP contribution in [0, 0.1) is 0 Å². The van der Waals surface area contributed by atoms with Crippen LogP contribution in [-0.2, 0) is 14.6 Å². The minimum absolute atomic E-state index is 0.0979. The summed E-state index contributed by atoms with van der Waals surface area (Å²) in [4.78, 5) is 14.7. The second-order valence-corrected chi connectivity index (χ2v) is 8.83. The molecule has 0 atom stereocenters. The fraction of sp³-hybridized carbons (Fsp3) is 0.316. The molecule has 1 N–H and O–H groups in total. The number of nitrogens with one attached hydrogen (secondary N) is 1. The lowest BCUT2D eigenvalue weighted by Gasteiger charge is -2.21. The monoisotopic (exact) mass is 392 g/mol. The first kappa shape index (κ1) is 18.7. The third-order valence-electron chi connectivity index (χ3n) is 4.40. The Balaban J connectivity index is 1.63. The van der Waals surface area contributed by atoms with E-state index < -0.39 is 9.84 Å². The average molecular weight is 393 g/mol. The molecule has 0 aromatic heterocycles. The van der Waals surface area contributed by atoms with Crippen LogP contribution < -0.4 is 10.2 Å². The summed E-state index contributed by atoms with van der Waals surface area (Å²) in [7, 11) is -3.52. The molecule has 0 aliphatic carbocycles. The second kappa shape index (κ2) is 8.10. The number of nitrogens with zero attached hydrogens (tertiary/aromatic N) is 1. The highest BCUT2D eigenvalue weighted by molar-refractivity contribution is 7.91. The maximum atomic E-state index is 12.3. The molecule has 1 aliphatic rings. The fourth-order valence-corrected chi connectivity index (χ4v) is 4.38. The molecule has 1 amide bonds. The van der Waals surface area contributed by atoms with Crippen molar-refractivity contribution < 1.29 is 13.2 Å². The number of para-hydroxylation sites is 2. The molecule has 0 radical (unpaired) electrons. The van der Waals surface area contributed by atoms with Crippen LogP contribution in [0.25, 0.3) is 0 Å². The van der Waals surface area contributed by atoms with Crippen molar-refractivity contribution >= 4 is 38.7 Å². The first-order valence-corrected chi connectivity index (χ1v) is 10.6. The lowest BCUT2D eigenvalue weighted by atomic mass is 10.2. The van der Waals surface area contributed by atoms with Crippen molar-refractivity contribution in [1.82, 2.24) is 0 Å². The molecule has 1 heterocycles. The summed E-state index contributed by atoms with van der Waals surface area (Å²) >= 11 is 5.79. The number of amides is 1. The molecule has 1 saturated heterocycles. The largest absolute Gasteiger partial charge is 0.370 e. The smallest absolute Gasteiger partial charge is 0.225 e. The SMILES string of the molecule is O=C(CCS(=O)(=O)c1ccc(Cl)cc1)Nc1ccccc1N1CCCC1. The minimum Gasteiger partial charge on any atom is -0.370 e. The molecule has 3 rings (SSSR count). The third kappa shape index (κ3) is 4.56. The second-order valence-electron chi connectivity index (χ2n) is 6.28. The van der Waals surface area contributed by atoms with E-state index in [0.717, 1.165) is 37.3 Å². The lowest BCUT2D eigenvalue weighted by molar-refractivity contribution is -0.115. The van der Waals surface area contributed by atoms with Crippen molar-refractivity contribution in [2.75, 3.05) is 29.1 Å². The number of benzene rings is 2. The van der Waals surface area contributed by atoms with Gasteiger partial charge in [0.1, 0.15) is 0 Å². The zero-order valence-corrected chi connectivity index (χ0v) is 15.9. The third-order valence-corrected chi connectivity index (χ3v) is 6.38. The summed E-state index contributed by atoms with van der Waals surface area (Å²) in [6.45, 7) is 1.94. The van der Waals surface area contributed by atoms with E-state index in [9.17, 15) is 13.2 Å². The quantitative estimate of drug-likeness (QED) is 0.813. The number of carbonyl (C=O) groups excluding carboxylic acids is 1. The van der Waals surface area contributed by atoms with Crippen LogP contribution in [0.2, 0.25) is 5.02 Å². The van der Waals surface area contributed by atoms with E-state index in [1.165, 1.54) is 24.3 Å². The summed E-state index contributed by atoms with van der Waals surface area (Å²) in [6, 6.07) is 13.6. The van der Waals surface area contributed by atoms with E-state index >= 15 is 0 Å². The first-order chi connectivity index (χ1) is 12.5. The van der Waals surface area contributed by atoms with Gasteiger partial charge >= 0.3 is 0 Å². The Hall–Kier alpha value is -2.05. The predicted octanol–water partition coefficient (Wildman–Crippen LogP) is 3.74. The first-order valence-electron chi connectivity index (χ1n) is 8.58. The topological polar surface area (TPSA) is 66.5 Å². The van der Waals surface area contributed by atoms with Crippen molar-refractivity contribution in [3.05, 3.63) is 53.6 Å². The van der Waals surface area contributed by atoms with Gasteiger partial charge in [0.05, 0.1) is 22.0 Å². The molecular formula is C19H21ClN2O3S. The highest BCUT2D eigenvalue weighted by atomic mass is 35.5. The van der Waals surface area contributed by atoms with Crippen LogP contribution in [0.15, 0.2) is 53.4 Å². The summed E-state index contributed by atoms with van der Waals surface area (Å²) < 4.78 is 24.7. The standard InChI is InChI=1S/C19H21ClN2O3S/c20-15-7-9-16(10-8-15)26(24,25)14-11-19(23)21-17-5-1-2-6-18(17)22-12-3-4-13-22/h1-2,5-10H,3-4,11-14H2,(H,21,23). The van der Waals surface area contributed by atoms with Crippen LogP contribution in [0.1, 0.15) is 19.3 Å². The lowest BCUT2D eigenvalue weighted by Crippen LogP contribution is -2.22. The molecule has 2 aromatic rings. The highest BCUT2D eigenvalue weighted by Gasteiger charge is 2.19. The summed E-state index contributed by atoms with van der Waals surface area (Å²) in [6.07, 6.45) is 2.18. The zero-order chi connectivity index (χ0) is 18.6. The molecule has 138 valence electrons. The Bertz CT molecular complexity index is 876. The number of hydrogen-bond donors (Lipinski definition) is 1. The van der Waals surface area contributed by atoms with Gasteiger partial charge in [0, 0.05) is 24.5 Å². The van der Waals surface area contributed by atoms with Crippen molar-refractivity contribution in [1.29, 1.82) is 0 Å². The van der Waals surface area contributed by atoms with E-state index in [0.29, 0.717) is 5.02 Å². The molecule has 26 heavy (non-hydrogen) atoms. The summed E-state index contributed by atoms with van der Waals surface area (Å²) in [5.74, 6) is -0.555. The van der Waals surface area contributed by atoms with Gasteiger partial charge in [-0.2, -0.15) is 0 Å². The molecule has 0 spiro atoms. The van der Waals surface area contributed by atoms with Crippen molar-refractivity contribution in [2.24, 2.45) is 0 Å². The Morgan fingerprint density at radius 3 is 2.38 bits per heavy atom. The van der Waals surface area contributed by atoms with Gasteiger partial charge in [0.15, 0.2) is 9.84 Å². The van der Waals surface area contributed by atoms with E-state index in [2.05, 4.69) is 10.2 Å². The van der Waals surface area contributed by atoms with Gasteiger partial charge < -0.3 is 10.2 Å². The molecule has 7 heteroatoms. The normalized spacial score (nSPS) is 14.4. The molecular weight excluding hydrogens is 372 g/mol. The molecule has 2 aromatic carbocycles. The Morgan fingerprint density at radius 2 is 1.69 bits per heavy atom. The van der Waals surface area contributed by atoms with Gasteiger partial charge in [-0.25, -0.2) is 8.42 Å². The predicted molar refractivity (Wildman–Crippen MR) is 105 cm³/mol. The fourth-order valence-electron chi connectivity index (χ4n) is 3.01. The van der Waals surface area contributed by atoms with Gasteiger partial charge in [-0.3, -0.25) is 4.79 Å². The highest BCUT2D eigenvalue weighted by Crippen LogP contribution is 2.28. The number of rotatable bonds is 6. The van der Waals surface area contributed by atoms with Crippen molar-refractivity contribution in [3.8, 4) is 0 Å². The zero-order valence-electron chi connectivity index (χ0n) is 14.3. The summed E-state index contributed by atoms with van der Waals surface area (Å²) in [5.41, 5.74) is 1.71. The maximum absolute atomic E-state index is 12.3. The molecule has 0 saturated carbocycles. The molecule has 0 unspecified atom stereocenters. The van der Waals surface area contributed by atoms with Gasteiger partial charge in [-0.1, -0.05) is 23.7 Å². The van der Waals surface area contributed by atoms with Crippen LogP contribution >= 0.6 is 11.6 Å². The van der Waals surface area contributed by atoms with E-state index in [-0.39, 0.29) is 23.0 Å². The maximum Gasteiger partial charge on any atom is 0.225 e. The van der Waals surface area contributed by atoms with Gasteiger partial charge in [-0.15, -0.1) is 0 Å². The molecule has 1 fully saturated rings. The minimum atomic E-state index is -3.52. The number of hydrogen-bond acceptors (Lipinski definition) is 4. The molecule has 1 aliphatic heterocycles. The molecule has 0 bridgehead atoms. The van der Waals surface area contributed by atoms with E-state index in [1.807, 2.05) is 24.3 Å². The Morgan fingerprint density at radius 1 is 1.04 bits per heavy atom. The van der Waals surface area contributed by atoms with E-state index in [1.54, 1.807) is 0 Å². The van der Waals surface area contributed by atoms with Crippen LogP contribution in [0.5, 0.6) is 0 Å². The number of carbonyl (C=O) groups is 1. The van der Waals surface area contributed by atoms with E-state index in [4.69, 9.17) is 11.6 Å². The number of anilines is 2.